The molecular formula is C11H17ClO2. The molecule has 1 rings (SSSR count). The SMILES string of the molecule is CC(=O)CC(C)C1(Cl)CCCCC1=O. The second kappa shape index (κ2) is 4.43. The van der Waals surface area contributed by atoms with Gasteiger partial charge in [-0.1, -0.05) is 13.3 Å². The van der Waals surface area contributed by atoms with Crippen molar-refractivity contribution < 1.29 is 9.59 Å². The van der Waals surface area contributed by atoms with Crippen LogP contribution in [0.4, 0.5) is 0 Å². The van der Waals surface area contributed by atoms with Crippen molar-refractivity contribution in [3.8, 4) is 0 Å². The van der Waals surface area contributed by atoms with E-state index in [1.54, 1.807) is 6.92 Å². The first kappa shape index (κ1) is 11.7. The monoisotopic (exact) mass is 216 g/mol. The summed E-state index contributed by atoms with van der Waals surface area (Å²) in [5.74, 6) is 0.199. The van der Waals surface area contributed by atoms with Gasteiger partial charge in [0.2, 0.25) is 0 Å². The molecule has 0 aromatic heterocycles. The van der Waals surface area contributed by atoms with Crippen LogP contribution in [0.3, 0.4) is 0 Å². The number of hydrogen-bond acceptors (Lipinski definition) is 2. The van der Waals surface area contributed by atoms with Crippen molar-refractivity contribution in [3.05, 3.63) is 0 Å². The molecule has 0 aromatic rings. The molecule has 1 aliphatic rings. The summed E-state index contributed by atoms with van der Waals surface area (Å²) in [6, 6.07) is 0. The van der Waals surface area contributed by atoms with E-state index in [0.29, 0.717) is 12.8 Å². The number of ketones is 2. The smallest absolute Gasteiger partial charge is 0.154 e. The van der Waals surface area contributed by atoms with Crippen LogP contribution in [-0.2, 0) is 9.59 Å². The van der Waals surface area contributed by atoms with Gasteiger partial charge in [-0.3, -0.25) is 4.79 Å². The summed E-state index contributed by atoms with van der Waals surface area (Å²) in [7, 11) is 0. The van der Waals surface area contributed by atoms with Crippen LogP contribution in [0.5, 0.6) is 0 Å². The highest BCUT2D eigenvalue weighted by Gasteiger charge is 2.42. The second-order valence-electron chi connectivity index (χ2n) is 4.30. The zero-order chi connectivity index (χ0) is 10.8. The van der Waals surface area contributed by atoms with Crippen molar-refractivity contribution in [2.45, 2.75) is 50.8 Å². The van der Waals surface area contributed by atoms with Crippen molar-refractivity contribution in [2.75, 3.05) is 0 Å². The predicted octanol–water partition coefficient (Wildman–Crippen LogP) is 2.72. The van der Waals surface area contributed by atoms with E-state index in [0.717, 1.165) is 19.3 Å². The van der Waals surface area contributed by atoms with Crippen molar-refractivity contribution in [3.63, 3.8) is 0 Å². The lowest BCUT2D eigenvalue weighted by molar-refractivity contribution is -0.125. The number of halogens is 1. The van der Waals surface area contributed by atoms with Crippen molar-refractivity contribution in [1.82, 2.24) is 0 Å². The van der Waals surface area contributed by atoms with Gasteiger partial charge in [-0.25, -0.2) is 0 Å². The van der Waals surface area contributed by atoms with Crippen LogP contribution < -0.4 is 0 Å². The number of alkyl halides is 1. The topological polar surface area (TPSA) is 34.1 Å². The molecule has 2 nitrogen and oxygen atoms in total. The molecule has 0 radical (unpaired) electrons. The minimum atomic E-state index is -0.760. The number of hydrogen-bond donors (Lipinski definition) is 0. The molecule has 0 aromatic carbocycles. The summed E-state index contributed by atoms with van der Waals surface area (Å²) >= 11 is 6.32. The molecule has 0 N–H and O–H groups in total. The predicted molar refractivity (Wildman–Crippen MR) is 56.5 cm³/mol. The molecule has 0 bridgehead atoms. The Morgan fingerprint density at radius 2 is 2.21 bits per heavy atom. The molecule has 1 fully saturated rings. The Morgan fingerprint density at radius 1 is 1.57 bits per heavy atom. The van der Waals surface area contributed by atoms with E-state index in [9.17, 15) is 9.59 Å². The number of Topliss-reactive ketones (excluding diaryl/α,β-unsaturated/α-hetero) is 2. The minimum absolute atomic E-state index is 0.0329. The molecule has 80 valence electrons. The van der Waals surface area contributed by atoms with Gasteiger partial charge in [0, 0.05) is 12.8 Å². The van der Waals surface area contributed by atoms with Gasteiger partial charge in [0.05, 0.1) is 0 Å². The maximum atomic E-state index is 11.7. The molecule has 2 unspecified atom stereocenters. The average molecular weight is 217 g/mol. The summed E-state index contributed by atoms with van der Waals surface area (Å²) in [5, 5.41) is 0. The summed E-state index contributed by atoms with van der Waals surface area (Å²) in [6.45, 7) is 3.45. The molecule has 3 heteroatoms. The summed E-state index contributed by atoms with van der Waals surface area (Å²) < 4.78 is 0. The zero-order valence-electron chi connectivity index (χ0n) is 8.81. The van der Waals surface area contributed by atoms with Crippen LogP contribution in [-0.4, -0.2) is 16.4 Å². The van der Waals surface area contributed by atoms with Crippen LogP contribution in [0.2, 0.25) is 0 Å². The largest absolute Gasteiger partial charge is 0.300 e. The normalized spacial score (nSPS) is 30.1. The van der Waals surface area contributed by atoms with Crippen LogP contribution in [0.1, 0.15) is 46.0 Å². The minimum Gasteiger partial charge on any atom is -0.300 e. The molecule has 1 saturated carbocycles. The Morgan fingerprint density at radius 3 is 2.71 bits per heavy atom. The molecule has 1 aliphatic carbocycles. The lowest BCUT2D eigenvalue weighted by Gasteiger charge is -2.34. The van der Waals surface area contributed by atoms with Gasteiger partial charge >= 0.3 is 0 Å². The van der Waals surface area contributed by atoms with E-state index in [4.69, 9.17) is 11.6 Å². The summed E-state index contributed by atoms with van der Waals surface area (Å²) in [5.41, 5.74) is 0. The Hall–Kier alpha value is -0.370. The van der Waals surface area contributed by atoms with Crippen molar-refractivity contribution in [2.24, 2.45) is 5.92 Å². The fraction of sp³-hybridized carbons (Fsp3) is 0.818. The van der Waals surface area contributed by atoms with Gasteiger partial charge in [0.1, 0.15) is 10.7 Å². The molecule has 0 heterocycles. The Kier molecular flexibility index (Phi) is 3.71. The third-order valence-corrected chi connectivity index (χ3v) is 3.81. The van der Waals surface area contributed by atoms with Crippen LogP contribution >= 0.6 is 11.6 Å². The first-order valence-corrected chi connectivity index (χ1v) is 5.56. The van der Waals surface area contributed by atoms with E-state index < -0.39 is 4.87 Å². The van der Waals surface area contributed by atoms with Crippen LogP contribution in [0, 0.1) is 5.92 Å². The van der Waals surface area contributed by atoms with Gasteiger partial charge in [0.15, 0.2) is 5.78 Å². The van der Waals surface area contributed by atoms with Gasteiger partial charge < -0.3 is 4.79 Å². The number of carbonyl (C=O) groups excluding carboxylic acids is 2. The highest BCUT2D eigenvalue weighted by Crippen LogP contribution is 2.39. The van der Waals surface area contributed by atoms with E-state index in [-0.39, 0.29) is 17.5 Å². The highest BCUT2D eigenvalue weighted by atomic mass is 35.5. The number of rotatable bonds is 3. The molecule has 0 amide bonds. The second-order valence-corrected chi connectivity index (χ2v) is 4.97. The molecule has 14 heavy (non-hydrogen) atoms. The van der Waals surface area contributed by atoms with Gasteiger partial charge in [-0.05, 0) is 25.7 Å². The first-order valence-electron chi connectivity index (χ1n) is 5.18. The van der Waals surface area contributed by atoms with Gasteiger partial charge in [-0.2, -0.15) is 0 Å². The highest BCUT2D eigenvalue weighted by molar-refractivity contribution is 6.35. The van der Waals surface area contributed by atoms with E-state index in [2.05, 4.69) is 0 Å². The quantitative estimate of drug-likeness (QED) is 0.680. The zero-order valence-corrected chi connectivity index (χ0v) is 9.56. The van der Waals surface area contributed by atoms with Crippen LogP contribution in [0.15, 0.2) is 0 Å². The Bertz CT molecular complexity index is 250. The lowest BCUT2D eigenvalue weighted by atomic mass is 9.77. The van der Waals surface area contributed by atoms with E-state index >= 15 is 0 Å². The third kappa shape index (κ3) is 2.35. The first-order chi connectivity index (χ1) is 6.47. The molecular weight excluding hydrogens is 200 g/mol. The standard InChI is InChI=1S/C11H17ClO2/c1-8(7-9(2)13)11(12)6-4-3-5-10(11)14/h8H,3-7H2,1-2H3. The van der Waals surface area contributed by atoms with E-state index in [1.165, 1.54) is 0 Å². The maximum absolute atomic E-state index is 11.7. The average Bonchev–Trinajstić information content (AvgIpc) is 2.09. The summed E-state index contributed by atoms with van der Waals surface area (Å²) in [6.07, 6.45) is 3.65. The fourth-order valence-electron chi connectivity index (χ4n) is 2.13. The Balaban J connectivity index is 2.70. The van der Waals surface area contributed by atoms with Gasteiger partial charge in [-0.15, -0.1) is 11.6 Å². The van der Waals surface area contributed by atoms with E-state index in [1.807, 2.05) is 6.92 Å². The molecule has 2 atom stereocenters. The Labute approximate surface area is 90.0 Å². The van der Waals surface area contributed by atoms with Crippen molar-refractivity contribution in [1.29, 1.82) is 0 Å². The van der Waals surface area contributed by atoms with Crippen molar-refractivity contribution >= 4 is 23.2 Å². The fourth-order valence-corrected chi connectivity index (χ4v) is 2.43. The molecule has 0 aliphatic heterocycles. The maximum Gasteiger partial charge on any atom is 0.154 e. The van der Waals surface area contributed by atoms with Gasteiger partial charge in [0.25, 0.3) is 0 Å². The molecule has 0 saturated heterocycles. The van der Waals surface area contributed by atoms with Crippen LogP contribution in [0.25, 0.3) is 0 Å². The molecule has 0 spiro atoms. The number of carbonyl (C=O) groups is 2. The lowest BCUT2D eigenvalue weighted by Crippen LogP contribution is -2.42. The third-order valence-electron chi connectivity index (χ3n) is 3.03. The summed E-state index contributed by atoms with van der Waals surface area (Å²) in [4.78, 5) is 21.9.